The van der Waals surface area contributed by atoms with Crippen molar-refractivity contribution in [1.29, 1.82) is 0 Å². The molecule has 0 aliphatic carbocycles. The standard InChI is InChI=1S/C18H31N5O/c1-21-17(14-22-8-2-3-9-22)19-20-18(21)15-5-4-10-23(13-15)16-6-11-24-12-7-16/h15-16H,2-14H2,1H3. The van der Waals surface area contributed by atoms with Crippen LogP contribution < -0.4 is 0 Å². The molecule has 1 atom stereocenters. The Balaban J connectivity index is 1.41. The van der Waals surface area contributed by atoms with Crippen LogP contribution in [0, 0.1) is 0 Å². The lowest BCUT2D eigenvalue weighted by molar-refractivity contribution is 0.0233. The van der Waals surface area contributed by atoms with Gasteiger partial charge in [0.2, 0.25) is 0 Å². The zero-order chi connectivity index (χ0) is 16.4. The number of hydrogen-bond acceptors (Lipinski definition) is 5. The van der Waals surface area contributed by atoms with Crippen molar-refractivity contribution < 1.29 is 4.74 Å². The van der Waals surface area contributed by atoms with Crippen molar-refractivity contribution in [3.8, 4) is 0 Å². The maximum Gasteiger partial charge on any atom is 0.146 e. The maximum absolute atomic E-state index is 5.53. The van der Waals surface area contributed by atoms with Crippen LogP contribution in [0.4, 0.5) is 0 Å². The monoisotopic (exact) mass is 333 g/mol. The largest absolute Gasteiger partial charge is 0.381 e. The molecule has 3 aliphatic heterocycles. The lowest BCUT2D eigenvalue weighted by Crippen LogP contribution is -2.45. The summed E-state index contributed by atoms with van der Waals surface area (Å²) in [7, 11) is 2.16. The molecule has 134 valence electrons. The zero-order valence-corrected chi connectivity index (χ0v) is 15.0. The van der Waals surface area contributed by atoms with E-state index >= 15 is 0 Å². The van der Waals surface area contributed by atoms with Gasteiger partial charge in [0.05, 0.1) is 6.54 Å². The van der Waals surface area contributed by atoms with Gasteiger partial charge in [-0.25, -0.2) is 0 Å². The van der Waals surface area contributed by atoms with Crippen molar-refractivity contribution in [1.82, 2.24) is 24.6 Å². The summed E-state index contributed by atoms with van der Waals surface area (Å²) >= 11 is 0. The SMILES string of the molecule is Cn1c(CN2CCCC2)nnc1C1CCCN(C2CCOCC2)C1. The number of hydrogen-bond donors (Lipinski definition) is 0. The average molecular weight is 333 g/mol. The number of ether oxygens (including phenoxy) is 1. The molecule has 0 spiro atoms. The quantitative estimate of drug-likeness (QED) is 0.840. The van der Waals surface area contributed by atoms with Crippen LogP contribution in [0.15, 0.2) is 0 Å². The van der Waals surface area contributed by atoms with Gasteiger partial charge in [-0.3, -0.25) is 9.80 Å². The smallest absolute Gasteiger partial charge is 0.146 e. The number of aromatic nitrogens is 3. The van der Waals surface area contributed by atoms with Crippen molar-refractivity contribution in [2.75, 3.05) is 39.4 Å². The number of piperidine rings is 1. The fourth-order valence-electron chi connectivity index (χ4n) is 4.61. The van der Waals surface area contributed by atoms with Gasteiger partial charge in [-0.2, -0.15) is 0 Å². The van der Waals surface area contributed by atoms with Gasteiger partial charge in [0.25, 0.3) is 0 Å². The van der Waals surface area contributed by atoms with Crippen LogP contribution in [-0.2, 0) is 18.3 Å². The van der Waals surface area contributed by atoms with E-state index in [1.165, 1.54) is 64.0 Å². The zero-order valence-electron chi connectivity index (χ0n) is 15.0. The minimum Gasteiger partial charge on any atom is -0.381 e. The summed E-state index contributed by atoms with van der Waals surface area (Å²) in [5.41, 5.74) is 0. The first-order valence-electron chi connectivity index (χ1n) is 9.73. The molecule has 1 aromatic heterocycles. The van der Waals surface area contributed by atoms with Gasteiger partial charge in [-0.05, 0) is 58.2 Å². The third kappa shape index (κ3) is 3.51. The van der Waals surface area contributed by atoms with E-state index in [-0.39, 0.29) is 0 Å². The molecule has 3 saturated heterocycles. The van der Waals surface area contributed by atoms with Crippen LogP contribution in [0.5, 0.6) is 0 Å². The van der Waals surface area contributed by atoms with Gasteiger partial charge in [0, 0.05) is 38.8 Å². The Morgan fingerprint density at radius 3 is 2.58 bits per heavy atom. The molecule has 6 nitrogen and oxygen atoms in total. The minimum atomic E-state index is 0.534. The van der Waals surface area contributed by atoms with Gasteiger partial charge in [0.1, 0.15) is 11.6 Å². The van der Waals surface area contributed by atoms with Crippen molar-refractivity contribution in [2.24, 2.45) is 7.05 Å². The predicted molar refractivity (Wildman–Crippen MR) is 92.9 cm³/mol. The summed E-state index contributed by atoms with van der Waals surface area (Å²) in [6.45, 7) is 7.61. The Bertz CT molecular complexity index is 534. The molecule has 24 heavy (non-hydrogen) atoms. The first kappa shape index (κ1) is 16.5. The minimum absolute atomic E-state index is 0.534. The fourth-order valence-corrected chi connectivity index (χ4v) is 4.61. The van der Waals surface area contributed by atoms with Crippen molar-refractivity contribution in [2.45, 2.75) is 57.0 Å². The van der Waals surface area contributed by atoms with Gasteiger partial charge in [-0.15, -0.1) is 10.2 Å². The van der Waals surface area contributed by atoms with Crippen molar-refractivity contribution >= 4 is 0 Å². The Kier molecular flexibility index (Phi) is 5.15. The highest BCUT2D eigenvalue weighted by molar-refractivity contribution is 5.04. The molecule has 6 heteroatoms. The summed E-state index contributed by atoms with van der Waals surface area (Å²) in [5, 5.41) is 9.12. The lowest BCUT2D eigenvalue weighted by Gasteiger charge is -2.39. The summed E-state index contributed by atoms with van der Waals surface area (Å²) in [4.78, 5) is 5.19. The summed E-state index contributed by atoms with van der Waals surface area (Å²) in [5.74, 6) is 2.86. The second kappa shape index (κ2) is 7.50. The van der Waals surface area contributed by atoms with Crippen LogP contribution in [0.2, 0.25) is 0 Å². The Hall–Kier alpha value is -0.980. The molecule has 4 heterocycles. The van der Waals surface area contributed by atoms with E-state index in [1.807, 2.05) is 0 Å². The van der Waals surface area contributed by atoms with Crippen LogP contribution in [0.3, 0.4) is 0 Å². The highest BCUT2D eigenvalue weighted by atomic mass is 16.5. The number of rotatable bonds is 4. The Morgan fingerprint density at radius 1 is 1.00 bits per heavy atom. The third-order valence-electron chi connectivity index (χ3n) is 6.09. The summed E-state index contributed by atoms with van der Waals surface area (Å²) in [6, 6.07) is 0.707. The van der Waals surface area contributed by atoms with Gasteiger partial charge >= 0.3 is 0 Å². The highest BCUT2D eigenvalue weighted by Gasteiger charge is 2.30. The molecule has 1 unspecified atom stereocenters. The molecule has 0 aromatic carbocycles. The average Bonchev–Trinajstić information content (AvgIpc) is 3.27. The van der Waals surface area contributed by atoms with Gasteiger partial charge in [-0.1, -0.05) is 0 Å². The van der Waals surface area contributed by atoms with Crippen LogP contribution >= 0.6 is 0 Å². The molecule has 4 rings (SSSR count). The van der Waals surface area contributed by atoms with Gasteiger partial charge in [0.15, 0.2) is 0 Å². The van der Waals surface area contributed by atoms with Crippen molar-refractivity contribution in [3.63, 3.8) is 0 Å². The Labute approximate surface area is 145 Å². The summed E-state index contributed by atoms with van der Waals surface area (Å²) < 4.78 is 7.80. The molecule has 0 saturated carbocycles. The Morgan fingerprint density at radius 2 is 1.79 bits per heavy atom. The highest BCUT2D eigenvalue weighted by Crippen LogP contribution is 2.29. The van der Waals surface area contributed by atoms with E-state index in [9.17, 15) is 0 Å². The maximum atomic E-state index is 5.53. The normalized spacial score (nSPS) is 27.8. The van der Waals surface area contributed by atoms with Crippen LogP contribution in [0.25, 0.3) is 0 Å². The molecule has 0 amide bonds. The molecular weight excluding hydrogens is 302 g/mol. The molecule has 0 radical (unpaired) electrons. The van der Waals surface area contributed by atoms with E-state index in [1.54, 1.807) is 0 Å². The molecule has 0 bridgehead atoms. The summed E-state index contributed by atoms with van der Waals surface area (Å²) in [6.07, 6.45) is 7.55. The number of likely N-dealkylation sites (tertiary alicyclic amines) is 2. The van der Waals surface area contributed by atoms with Crippen molar-refractivity contribution in [3.05, 3.63) is 11.6 Å². The van der Waals surface area contributed by atoms with E-state index in [2.05, 4.69) is 31.6 Å². The first-order chi connectivity index (χ1) is 11.8. The van der Waals surface area contributed by atoms with Crippen LogP contribution in [-0.4, -0.2) is 70.0 Å². The van der Waals surface area contributed by atoms with E-state index in [0.29, 0.717) is 12.0 Å². The second-order valence-electron chi connectivity index (χ2n) is 7.69. The van der Waals surface area contributed by atoms with Gasteiger partial charge < -0.3 is 9.30 Å². The molecule has 3 aliphatic rings. The molecule has 3 fully saturated rings. The third-order valence-corrected chi connectivity index (χ3v) is 6.09. The van der Waals surface area contributed by atoms with E-state index < -0.39 is 0 Å². The first-order valence-corrected chi connectivity index (χ1v) is 9.73. The second-order valence-corrected chi connectivity index (χ2v) is 7.69. The van der Waals surface area contributed by atoms with Crippen LogP contribution in [0.1, 0.15) is 56.1 Å². The number of nitrogens with zero attached hydrogens (tertiary/aromatic N) is 5. The predicted octanol–water partition coefficient (Wildman–Crippen LogP) is 1.77. The topological polar surface area (TPSA) is 46.4 Å². The molecule has 1 aromatic rings. The molecular formula is C18H31N5O. The van der Waals surface area contributed by atoms with E-state index in [0.717, 1.165) is 32.1 Å². The fraction of sp³-hybridized carbons (Fsp3) is 0.889. The lowest BCUT2D eigenvalue weighted by atomic mass is 9.94. The van der Waals surface area contributed by atoms with E-state index in [4.69, 9.17) is 4.74 Å². The molecule has 0 N–H and O–H groups in total.